The number of pyridine rings is 1. The fourth-order valence-corrected chi connectivity index (χ4v) is 3.05. The molecule has 3 heterocycles. The zero-order valence-corrected chi connectivity index (χ0v) is 16.3. The van der Waals surface area contributed by atoms with Crippen LogP contribution in [0.15, 0.2) is 59.3 Å². The number of carbonyl (C=O) groups is 2. The largest absolute Gasteiger partial charge is 0.507 e. The number of benzene rings is 1. The fraction of sp³-hybridized carbons (Fsp3) is 0.143. The van der Waals surface area contributed by atoms with E-state index in [1.54, 1.807) is 41.2 Å². The molecule has 0 aliphatic rings. The molecule has 0 saturated heterocycles. The molecule has 4 aromatic rings. The van der Waals surface area contributed by atoms with Gasteiger partial charge in [-0.2, -0.15) is 5.10 Å². The van der Waals surface area contributed by atoms with E-state index in [0.29, 0.717) is 22.5 Å². The molecular weight excluding hydrogens is 386 g/mol. The Morgan fingerprint density at radius 3 is 2.47 bits per heavy atom. The van der Waals surface area contributed by atoms with E-state index < -0.39 is 11.8 Å². The Hall–Kier alpha value is -4.14. The molecule has 1 aromatic carbocycles. The molecular formula is C21H19N5O4. The molecule has 0 aliphatic heterocycles. The van der Waals surface area contributed by atoms with Gasteiger partial charge in [-0.05, 0) is 44.2 Å². The predicted octanol–water partition coefficient (Wildman–Crippen LogP) is 3.05. The van der Waals surface area contributed by atoms with Crippen LogP contribution in [0.2, 0.25) is 0 Å². The monoisotopic (exact) mass is 405 g/mol. The Labute approximate surface area is 171 Å². The van der Waals surface area contributed by atoms with Crippen LogP contribution in [0, 0.1) is 0 Å². The molecule has 0 radical (unpaired) electrons. The molecule has 152 valence electrons. The number of hydrogen-bond acceptors (Lipinski definition) is 6. The third kappa shape index (κ3) is 3.48. The Kier molecular flexibility index (Phi) is 4.93. The van der Waals surface area contributed by atoms with Crippen LogP contribution in [0.5, 0.6) is 5.75 Å². The van der Waals surface area contributed by atoms with Gasteiger partial charge >= 0.3 is 0 Å². The fourth-order valence-electron chi connectivity index (χ4n) is 3.05. The number of aromatic hydroxyl groups is 1. The third-order valence-electron chi connectivity index (χ3n) is 4.51. The highest BCUT2D eigenvalue weighted by molar-refractivity contribution is 6.07. The van der Waals surface area contributed by atoms with E-state index in [2.05, 4.69) is 20.9 Å². The number of hydrogen-bond donors (Lipinski definition) is 3. The summed E-state index contributed by atoms with van der Waals surface area (Å²) in [5, 5.41) is 14.7. The lowest BCUT2D eigenvalue weighted by Gasteiger charge is -2.11. The van der Waals surface area contributed by atoms with Crippen molar-refractivity contribution in [2.75, 3.05) is 0 Å². The second-order valence-electron chi connectivity index (χ2n) is 6.88. The topological polar surface area (TPSA) is 122 Å². The number of fused-ring (bicyclic) bond motifs is 1. The van der Waals surface area contributed by atoms with Gasteiger partial charge in [-0.15, -0.1) is 0 Å². The quantitative estimate of drug-likeness (QED) is 0.449. The van der Waals surface area contributed by atoms with Gasteiger partial charge in [0.2, 0.25) is 0 Å². The molecule has 30 heavy (non-hydrogen) atoms. The van der Waals surface area contributed by atoms with Gasteiger partial charge in [0.1, 0.15) is 11.4 Å². The van der Waals surface area contributed by atoms with Crippen molar-refractivity contribution in [2.24, 2.45) is 0 Å². The van der Waals surface area contributed by atoms with E-state index in [4.69, 9.17) is 4.42 Å². The summed E-state index contributed by atoms with van der Waals surface area (Å²) < 4.78 is 7.14. The van der Waals surface area contributed by atoms with Crippen molar-refractivity contribution in [2.45, 2.75) is 19.9 Å². The van der Waals surface area contributed by atoms with E-state index in [1.165, 1.54) is 18.4 Å². The van der Waals surface area contributed by atoms with Gasteiger partial charge < -0.3 is 9.52 Å². The number of hydrazine groups is 1. The number of nitrogens with one attached hydrogen (secondary N) is 2. The van der Waals surface area contributed by atoms with Gasteiger partial charge in [0.05, 0.1) is 29.0 Å². The number of furan rings is 1. The first kappa shape index (κ1) is 19.2. The van der Waals surface area contributed by atoms with Crippen LogP contribution >= 0.6 is 0 Å². The van der Waals surface area contributed by atoms with E-state index in [9.17, 15) is 14.7 Å². The molecule has 0 bridgehead atoms. The van der Waals surface area contributed by atoms with E-state index in [-0.39, 0.29) is 22.9 Å². The number of phenolic OH excluding ortho intramolecular Hbond substituents is 1. The second kappa shape index (κ2) is 7.70. The average molecular weight is 405 g/mol. The van der Waals surface area contributed by atoms with Crippen molar-refractivity contribution in [3.8, 4) is 17.2 Å². The number of amides is 2. The van der Waals surface area contributed by atoms with Crippen LogP contribution in [0.4, 0.5) is 0 Å². The van der Waals surface area contributed by atoms with Crippen LogP contribution in [0.1, 0.15) is 40.6 Å². The molecule has 0 saturated carbocycles. The van der Waals surface area contributed by atoms with Crippen molar-refractivity contribution in [1.82, 2.24) is 25.6 Å². The lowest BCUT2D eigenvalue weighted by Crippen LogP contribution is -2.41. The first-order valence-electron chi connectivity index (χ1n) is 9.26. The van der Waals surface area contributed by atoms with Crippen LogP contribution in [-0.4, -0.2) is 31.7 Å². The van der Waals surface area contributed by atoms with Gasteiger partial charge in [-0.3, -0.25) is 20.4 Å². The van der Waals surface area contributed by atoms with Crippen LogP contribution in [0.3, 0.4) is 0 Å². The van der Waals surface area contributed by atoms with Crippen LogP contribution in [0.25, 0.3) is 22.5 Å². The predicted molar refractivity (Wildman–Crippen MR) is 109 cm³/mol. The summed E-state index contributed by atoms with van der Waals surface area (Å²) in [7, 11) is 0. The Balaban J connectivity index is 1.68. The maximum atomic E-state index is 12.9. The first-order valence-corrected chi connectivity index (χ1v) is 9.26. The molecule has 0 aliphatic carbocycles. The summed E-state index contributed by atoms with van der Waals surface area (Å²) in [6.07, 6.45) is 3.08. The van der Waals surface area contributed by atoms with Gasteiger partial charge in [0.25, 0.3) is 11.8 Å². The van der Waals surface area contributed by atoms with Gasteiger partial charge in [0, 0.05) is 6.04 Å². The molecule has 2 amide bonds. The minimum atomic E-state index is -0.643. The van der Waals surface area contributed by atoms with Crippen molar-refractivity contribution < 1.29 is 19.1 Å². The minimum absolute atomic E-state index is 0.0264. The summed E-state index contributed by atoms with van der Waals surface area (Å²) in [5.74, 6) is -0.882. The summed E-state index contributed by atoms with van der Waals surface area (Å²) in [6, 6.07) is 11.1. The Morgan fingerprint density at radius 1 is 1.07 bits per heavy atom. The highest BCUT2D eigenvalue weighted by Gasteiger charge is 2.20. The number of nitrogens with zero attached hydrogens (tertiary/aromatic N) is 3. The molecule has 9 heteroatoms. The highest BCUT2D eigenvalue weighted by atomic mass is 16.3. The number of rotatable bonds is 4. The number of para-hydroxylation sites is 1. The average Bonchev–Trinajstić information content (AvgIpc) is 3.41. The molecule has 3 aromatic heterocycles. The molecule has 3 N–H and O–H groups in total. The normalized spacial score (nSPS) is 11.0. The summed E-state index contributed by atoms with van der Waals surface area (Å²) in [5.41, 5.74) is 6.01. The van der Waals surface area contributed by atoms with Crippen molar-refractivity contribution in [3.63, 3.8) is 0 Å². The van der Waals surface area contributed by atoms with E-state index >= 15 is 0 Å². The molecule has 0 atom stereocenters. The molecule has 0 unspecified atom stereocenters. The van der Waals surface area contributed by atoms with Crippen LogP contribution in [-0.2, 0) is 0 Å². The van der Waals surface area contributed by atoms with E-state index in [0.717, 1.165) is 0 Å². The van der Waals surface area contributed by atoms with Crippen molar-refractivity contribution >= 4 is 22.8 Å². The molecule has 4 rings (SSSR count). The first-order chi connectivity index (χ1) is 14.5. The zero-order chi connectivity index (χ0) is 21.3. The summed E-state index contributed by atoms with van der Waals surface area (Å²) >= 11 is 0. The molecule has 0 spiro atoms. The number of phenols is 1. The Bertz CT molecular complexity index is 1230. The smallest absolute Gasteiger partial charge is 0.273 e. The second-order valence-corrected chi connectivity index (χ2v) is 6.88. The van der Waals surface area contributed by atoms with Gasteiger partial charge in [0.15, 0.2) is 11.4 Å². The lowest BCUT2D eigenvalue weighted by atomic mass is 10.1. The summed E-state index contributed by atoms with van der Waals surface area (Å²) in [4.78, 5) is 29.8. The SMILES string of the molecule is CC(C)n1ncc2c(C(=O)NNC(=O)c3ccccc3O)cc(-c3ccco3)nc21. The number of aromatic nitrogens is 3. The van der Waals surface area contributed by atoms with Crippen molar-refractivity contribution in [1.29, 1.82) is 0 Å². The van der Waals surface area contributed by atoms with Crippen LogP contribution < -0.4 is 10.9 Å². The Morgan fingerprint density at radius 2 is 1.80 bits per heavy atom. The van der Waals surface area contributed by atoms with Gasteiger partial charge in [-0.1, -0.05) is 12.1 Å². The van der Waals surface area contributed by atoms with Crippen molar-refractivity contribution in [3.05, 3.63) is 66.1 Å². The lowest BCUT2D eigenvalue weighted by molar-refractivity contribution is 0.0846. The van der Waals surface area contributed by atoms with E-state index in [1.807, 2.05) is 13.8 Å². The maximum absolute atomic E-state index is 12.9. The third-order valence-corrected chi connectivity index (χ3v) is 4.51. The summed E-state index contributed by atoms with van der Waals surface area (Å²) in [6.45, 7) is 3.92. The van der Waals surface area contributed by atoms with Gasteiger partial charge in [-0.25, -0.2) is 9.67 Å². The number of carbonyl (C=O) groups excluding carboxylic acids is 2. The zero-order valence-electron chi connectivity index (χ0n) is 16.3. The molecule has 9 nitrogen and oxygen atoms in total. The minimum Gasteiger partial charge on any atom is -0.507 e. The standard InChI is InChI=1S/C21H19N5O4/c1-12(2)26-19-15(11-22-26)14(10-16(23-19)18-8-5-9-30-18)21(29)25-24-20(28)13-6-3-4-7-17(13)27/h3-12,27H,1-2H3,(H,24,28)(H,25,29). The highest BCUT2D eigenvalue weighted by Crippen LogP contribution is 2.26. The molecule has 0 fully saturated rings. The maximum Gasteiger partial charge on any atom is 0.273 e.